The van der Waals surface area contributed by atoms with Crippen LogP contribution in [0, 0.1) is 5.92 Å². The van der Waals surface area contributed by atoms with Gasteiger partial charge in [-0.15, -0.1) is 0 Å². The first-order valence-electron chi connectivity index (χ1n) is 9.44. The predicted octanol–water partition coefficient (Wildman–Crippen LogP) is 2.14. The molecule has 0 saturated carbocycles. The van der Waals surface area contributed by atoms with E-state index in [1.807, 2.05) is 30.9 Å². The Morgan fingerprint density at radius 3 is 2.73 bits per heavy atom. The van der Waals surface area contributed by atoms with Crippen molar-refractivity contribution in [2.45, 2.75) is 46.4 Å². The van der Waals surface area contributed by atoms with Gasteiger partial charge in [0, 0.05) is 38.7 Å². The third kappa shape index (κ3) is 5.73. The number of carbonyl (C=O) groups is 1. The Bertz CT molecular complexity index is 616. The molecule has 2 N–H and O–H groups in total. The monoisotopic (exact) mass is 360 g/mol. The molecule has 26 heavy (non-hydrogen) atoms. The number of benzene rings is 1. The van der Waals surface area contributed by atoms with E-state index in [9.17, 15) is 4.79 Å². The molecule has 1 aromatic carbocycles. The van der Waals surface area contributed by atoms with Gasteiger partial charge in [-0.05, 0) is 24.5 Å². The quantitative estimate of drug-likeness (QED) is 0.578. The van der Waals surface area contributed by atoms with E-state index in [-0.39, 0.29) is 17.9 Å². The summed E-state index contributed by atoms with van der Waals surface area (Å²) in [6.45, 7) is 9.48. The molecule has 0 bridgehead atoms. The van der Waals surface area contributed by atoms with E-state index in [1.165, 1.54) is 0 Å². The summed E-state index contributed by atoms with van der Waals surface area (Å²) < 4.78 is 5.27. The van der Waals surface area contributed by atoms with Gasteiger partial charge in [0.2, 0.25) is 5.91 Å². The van der Waals surface area contributed by atoms with Crippen LogP contribution in [0.15, 0.2) is 29.3 Å². The predicted molar refractivity (Wildman–Crippen MR) is 105 cm³/mol. The molecule has 0 aromatic heterocycles. The van der Waals surface area contributed by atoms with E-state index < -0.39 is 0 Å². The third-order valence-corrected chi connectivity index (χ3v) is 4.50. The number of methoxy groups -OCH3 is 1. The van der Waals surface area contributed by atoms with Crippen molar-refractivity contribution >= 4 is 11.9 Å². The lowest BCUT2D eigenvalue weighted by molar-refractivity contribution is -0.133. The van der Waals surface area contributed by atoms with E-state index >= 15 is 0 Å². The van der Waals surface area contributed by atoms with Crippen molar-refractivity contribution in [3.63, 3.8) is 0 Å². The molecule has 0 aliphatic carbocycles. The molecule has 6 nitrogen and oxygen atoms in total. The van der Waals surface area contributed by atoms with Crippen molar-refractivity contribution in [1.82, 2.24) is 15.5 Å². The summed E-state index contributed by atoms with van der Waals surface area (Å²) in [5, 5.41) is 6.78. The average Bonchev–Trinajstić information content (AvgIpc) is 3.09. The number of hydrogen-bond acceptors (Lipinski definition) is 3. The van der Waals surface area contributed by atoms with Gasteiger partial charge in [-0.1, -0.05) is 38.1 Å². The van der Waals surface area contributed by atoms with Gasteiger partial charge in [0.1, 0.15) is 0 Å². The summed E-state index contributed by atoms with van der Waals surface area (Å²) in [6.07, 6.45) is 0.948. The van der Waals surface area contributed by atoms with Gasteiger partial charge in [-0.3, -0.25) is 4.79 Å². The summed E-state index contributed by atoms with van der Waals surface area (Å²) in [5.74, 6) is 1.07. The zero-order valence-corrected chi connectivity index (χ0v) is 16.4. The molecule has 6 heteroatoms. The number of likely N-dealkylation sites (tertiary alicyclic amines) is 1. The lowest BCUT2D eigenvalue weighted by Gasteiger charge is -2.20. The Kier molecular flexibility index (Phi) is 7.91. The summed E-state index contributed by atoms with van der Waals surface area (Å²) in [4.78, 5) is 18.8. The first-order chi connectivity index (χ1) is 12.5. The third-order valence-electron chi connectivity index (χ3n) is 4.50. The van der Waals surface area contributed by atoms with Gasteiger partial charge in [-0.2, -0.15) is 0 Å². The zero-order chi connectivity index (χ0) is 18.9. The van der Waals surface area contributed by atoms with Gasteiger partial charge in [0.25, 0.3) is 0 Å². The van der Waals surface area contributed by atoms with Crippen molar-refractivity contribution < 1.29 is 9.53 Å². The Morgan fingerprint density at radius 1 is 1.35 bits per heavy atom. The van der Waals surface area contributed by atoms with Gasteiger partial charge in [0.15, 0.2) is 5.96 Å². The fraction of sp³-hybridized carbons (Fsp3) is 0.600. The molecule has 1 aromatic rings. The molecule has 1 atom stereocenters. The number of ether oxygens (including phenoxy) is 1. The zero-order valence-electron chi connectivity index (χ0n) is 16.4. The van der Waals surface area contributed by atoms with Crippen LogP contribution in [0.5, 0.6) is 0 Å². The highest BCUT2D eigenvalue weighted by Gasteiger charge is 2.27. The first-order valence-corrected chi connectivity index (χ1v) is 9.44. The SMILES string of the molecule is CCNC(=NCc1ccccc1COC)NC1CCN(C(=O)C(C)C)C1. The minimum atomic E-state index is 0.0490. The maximum absolute atomic E-state index is 12.2. The minimum Gasteiger partial charge on any atom is -0.380 e. The molecule has 1 fully saturated rings. The molecule has 1 aliphatic heterocycles. The Morgan fingerprint density at radius 2 is 2.08 bits per heavy atom. The van der Waals surface area contributed by atoms with Crippen LogP contribution in [0.25, 0.3) is 0 Å². The van der Waals surface area contributed by atoms with Crippen LogP contribution >= 0.6 is 0 Å². The van der Waals surface area contributed by atoms with Gasteiger partial charge in [-0.25, -0.2) is 4.99 Å². The van der Waals surface area contributed by atoms with E-state index in [0.717, 1.165) is 43.1 Å². The second kappa shape index (κ2) is 10.2. The molecule has 2 rings (SSSR count). The van der Waals surface area contributed by atoms with Crippen LogP contribution < -0.4 is 10.6 Å². The second-order valence-electron chi connectivity index (χ2n) is 6.97. The van der Waals surface area contributed by atoms with Crippen molar-refractivity contribution in [3.8, 4) is 0 Å². The Labute approximate surface area is 157 Å². The largest absolute Gasteiger partial charge is 0.380 e. The van der Waals surface area contributed by atoms with Crippen LogP contribution in [0.3, 0.4) is 0 Å². The van der Waals surface area contributed by atoms with Gasteiger partial charge < -0.3 is 20.3 Å². The topological polar surface area (TPSA) is 66.0 Å². The van der Waals surface area contributed by atoms with Crippen LogP contribution in [0.2, 0.25) is 0 Å². The highest BCUT2D eigenvalue weighted by Crippen LogP contribution is 2.14. The van der Waals surface area contributed by atoms with Gasteiger partial charge >= 0.3 is 0 Å². The van der Waals surface area contributed by atoms with E-state index in [4.69, 9.17) is 9.73 Å². The summed E-state index contributed by atoms with van der Waals surface area (Å²) in [6, 6.07) is 8.44. The molecule has 1 aliphatic rings. The fourth-order valence-corrected chi connectivity index (χ4v) is 3.13. The smallest absolute Gasteiger partial charge is 0.225 e. The number of hydrogen-bond donors (Lipinski definition) is 2. The highest BCUT2D eigenvalue weighted by molar-refractivity contribution is 5.81. The van der Waals surface area contributed by atoms with Crippen LogP contribution in [0.4, 0.5) is 0 Å². The van der Waals surface area contributed by atoms with E-state index in [0.29, 0.717) is 13.2 Å². The molecule has 1 amide bonds. The van der Waals surface area contributed by atoms with Crippen LogP contribution in [-0.4, -0.2) is 49.6 Å². The summed E-state index contributed by atoms with van der Waals surface area (Å²) >= 11 is 0. The van der Waals surface area contributed by atoms with E-state index in [2.05, 4.69) is 29.7 Å². The number of carbonyl (C=O) groups excluding carboxylic acids is 1. The molecular formula is C20H32N4O2. The average molecular weight is 361 g/mol. The number of guanidine groups is 1. The van der Waals surface area contributed by atoms with Crippen molar-refractivity contribution in [3.05, 3.63) is 35.4 Å². The van der Waals surface area contributed by atoms with Crippen molar-refractivity contribution in [2.24, 2.45) is 10.9 Å². The molecule has 1 heterocycles. The van der Waals surface area contributed by atoms with Crippen molar-refractivity contribution in [2.75, 3.05) is 26.7 Å². The highest BCUT2D eigenvalue weighted by atomic mass is 16.5. The number of amides is 1. The maximum atomic E-state index is 12.2. The molecule has 144 valence electrons. The lowest BCUT2D eigenvalue weighted by Crippen LogP contribution is -2.45. The first kappa shape index (κ1) is 20.2. The summed E-state index contributed by atoms with van der Waals surface area (Å²) in [5.41, 5.74) is 2.32. The molecule has 0 spiro atoms. The molecule has 1 saturated heterocycles. The standard InChI is InChI=1S/C20H32N4O2/c1-5-21-20(22-12-16-8-6-7-9-17(16)14-26-4)23-18-10-11-24(13-18)19(25)15(2)3/h6-9,15,18H,5,10-14H2,1-4H3,(H2,21,22,23). The Hall–Kier alpha value is -2.08. The fourth-order valence-electron chi connectivity index (χ4n) is 3.13. The number of nitrogens with zero attached hydrogens (tertiary/aromatic N) is 2. The second-order valence-corrected chi connectivity index (χ2v) is 6.97. The molecule has 0 radical (unpaired) electrons. The minimum absolute atomic E-state index is 0.0490. The Balaban J connectivity index is 1.98. The number of nitrogens with one attached hydrogen (secondary N) is 2. The van der Waals surface area contributed by atoms with E-state index in [1.54, 1.807) is 7.11 Å². The maximum Gasteiger partial charge on any atom is 0.225 e. The van der Waals surface area contributed by atoms with Crippen LogP contribution in [-0.2, 0) is 22.7 Å². The summed E-state index contributed by atoms with van der Waals surface area (Å²) in [7, 11) is 1.70. The molecule has 1 unspecified atom stereocenters. The van der Waals surface area contributed by atoms with Crippen molar-refractivity contribution in [1.29, 1.82) is 0 Å². The lowest BCUT2D eigenvalue weighted by atomic mass is 10.1. The normalized spacial score (nSPS) is 17.7. The molecular weight excluding hydrogens is 328 g/mol. The van der Waals surface area contributed by atoms with Crippen LogP contribution in [0.1, 0.15) is 38.3 Å². The van der Waals surface area contributed by atoms with Gasteiger partial charge in [0.05, 0.1) is 13.2 Å². The number of rotatable bonds is 7. The number of aliphatic imine (C=N–C) groups is 1.